The highest BCUT2D eigenvalue weighted by Gasteiger charge is 2.21. The van der Waals surface area contributed by atoms with Crippen LogP contribution in [0, 0.1) is 5.41 Å². The van der Waals surface area contributed by atoms with Crippen molar-refractivity contribution in [2.75, 3.05) is 17.2 Å². The Labute approximate surface area is 95.7 Å². The van der Waals surface area contributed by atoms with Gasteiger partial charge in [0.1, 0.15) is 5.82 Å². The molecule has 0 bridgehead atoms. The van der Waals surface area contributed by atoms with Gasteiger partial charge in [-0.2, -0.15) is 4.98 Å². The molecule has 16 heavy (non-hydrogen) atoms. The molecule has 5 heteroatoms. The summed E-state index contributed by atoms with van der Waals surface area (Å²) >= 11 is 0. The summed E-state index contributed by atoms with van der Waals surface area (Å²) in [6.45, 7) is 8.28. The highest BCUT2D eigenvalue weighted by atomic mass is 16.2. The predicted molar refractivity (Wildman–Crippen MR) is 64.3 cm³/mol. The lowest BCUT2D eigenvalue weighted by atomic mass is 9.96. The summed E-state index contributed by atoms with van der Waals surface area (Å²) in [6, 6.07) is 1.67. The molecular formula is C11H18N4O. The molecule has 0 saturated carbocycles. The molecule has 1 heterocycles. The summed E-state index contributed by atoms with van der Waals surface area (Å²) in [6.07, 6.45) is 1.61. The standard InChI is InChI=1S/C11H18N4O/c1-5-12-10-13-7-6-8(15-10)14-9(16)11(2,3)4/h6-7H,5H2,1-4H3,(H2,12,13,14,15,16). The molecule has 0 saturated heterocycles. The van der Waals surface area contributed by atoms with Crippen molar-refractivity contribution < 1.29 is 4.79 Å². The Bertz CT molecular complexity index is 370. The summed E-state index contributed by atoms with van der Waals surface area (Å²) < 4.78 is 0. The third-order valence-corrected chi connectivity index (χ3v) is 1.91. The molecule has 0 aliphatic carbocycles. The first kappa shape index (κ1) is 12.4. The van der Waals surface area contributed by atoms with Gasteiger partial charge in [-0.1, -0.05) is 20.8 Å². The van der Waals surface area contributed by atoms with Gasteiger partial charge in [-0.15, -0.1) is 0 Å². The van der Waals surface area contributed by atoms with E-state index in [9.17, 15) is 4.79 Å². The Morgan fingerprint density at radius 3 is 2.69 bits per heavy atom. The highest BCUT2D eigenvalue weighted by molar-refractivity contribution is 5.93. The number of nitrogens with one attached hydrogen (secondary N) is 2. The number of aromatic nitrogens is 2. The maximum Gasteiger partial charge on any atom is 0.230 e. The van der Waals surface area contributed by atoms with Gasteiger partial charge >= 0.3 is 0 Å². The first-order valence-corrected chi connectivity index (χ1v) is 5.32. The minimum absolute atomic E-state index is 0.0614. The van der Waals surface area contributed by atoms with Gasteiger partial charge < -0.3 is 10.6 Å². The maximum absolute atomic E-state index is 11.7. The van der Waals surface area contributed by atoms with Crippen molar-refractivity contribution in [2.24, 2.45) is 5.41 Å². The molecule has 1 aromatic heterocycles. The number of carbonyl (C=O) groups excluding carboxylic acids is 1. The van der Waals surface area contributed by atoms with Crippen molar-refractivity contribution in [3.05, 3.63) is 12.3 Å². The predicted octanol–water partition coefficient (Wildman–Crippen LogP) is 1.89. The maximum atomic E-state index is 11.7. The Hall–Kier alpha value is -1.65. The monoisotopic (exact) mass is 222 g/mol. The fraction of sp³-hybridized carbons (Fsp3) is 0.545. The lowest BCUT2D eigenvalue weighted by Gasteiger charge is -2.17. The average Bonchev–Trinajstić information content (AvgIpc) is 2.17. The van der Waals surface area contributed by atoms with Crippen molar-refractivity contribution in [3.8, 4) is 0 Å². The largest absolute Gasteiger partial charge is 0.354 e. The van der Waals surface area contributed by atoms with Gasteiger partial charge in [-0.05, 0) is 13.0 Å². The van der Waals surface area contributed by atoms with E-state index >= 15 is 0 Å². The third kappa shape index (κ3) is 3.49. The van der Waals surface area contributed by atoms with Crippen LogP contribution in [0.1, 0.15) is 27.7 Å². The molecule has 88 valence electrons. The normalized spacial score (nSPS) is 11.0. The van der Waals surface area contributed by atoms with E-state index < -0.39 is 5.41 Å². The van der Waals surface area contributed by atoms with Crippen LogP contribution < -0.4 is 10.6 Å². The molecule has 0 aromatic carbocycles. The Balaban J connectivity index is 2.74. The van der Waals surface area contributed by atoms with Crippen LogP contribution in [0.15, 0.2) is 12.3 Å². The van der Waals surface area contributed by atoms with Crippen molar-refractivity contribution >= 4 is 17.7 Å². The molecule has 0 radical (unpaired) electrons. The molecule has 0 fully saturated rings. The highest BCUT2D eigenvalue weighted by Crippen LogP contribution is 2.16. The van der Waals surface area contributed by atoms with E-state index in [4.69, 9.17) is 0 Å². The number of anilines is 2. The van der Waals surface area contributed by atoms with Gasteiger partial charge in [0, 0.05) is 18.2 Å². The van der Waals surface area contributed by atoms with E-state index in [0.717, 1.165) is 6.54 Å². The number of hydrogen-bond acceptors (Lipinski definition) is 4. The van der Waals surface area contributed by atoms with Gasteiger partial charge in [-0.25, -0.2) is 4.98 Å². The number of hydrogen-bond donors (Lipinski definition) is 2. The van der Waals surface area contributed by atoms with Crippen LogP contribution in [0.3, 0.4) is 0 Å². The average molecular weight is 222 g/mol. The Morgan fingerprint density at radius 2 is 2.12 bits per heavy atom. The smallest absolute Gasteiger partial charge is 0.230 e. The van der Waals surface area contributed by atoms with Crippen LogP contribution in [0.5, 0.6) is 0 Å². The zero-order valence-electron chi connectivity index (χ0n) is 10.2. The van der Waals surface area contributed by atoms with Crippen LogP contribution in [0.4, 0.5) is 11.8 Å². The summed E-state index contributed by atoms with van der Waals surface area (Å²) in [5.41, 5.74) is -0.427. The van der Waals surface area contributed by atoms with Crippen LogP contribution in [0.25, 0.3) is 0 Å². The Morgan fingerprint density at radius 1 is 1.44 bits per heavy atom. The molecule has 0 atom stereocenters. The summed E-state index contributed by atoms with van der Waals surface area (Å²) in [5.74, 6) is 0.980. The third-order valence-electron chi connectivity index (χ3n) is 1.91. The van der Waals surface area contributed by atoms with Gasteiger partial charge in [0.2, 0.25) is 11.9 Å². The van der Waals surface area contributed by atoms with E-state index in [1.54, 1.807) is 12.3 Å². The Kier molecular flexibility index (Phi) is 3.82. The minimum atomic E-state index is -0.427. The molecule has 5 nitrogen and oxygen atoms in total. The SMILES string of the molecule is CCNc1nccc(NC(=O)C(C)(C)C)n1. The number of amides is 1. The lowest BCUT2D eigenvalue weighted by Crippen LogP contribution is -2.28. The molecule has 1 aromatic rings. The van der Waals surface area contributed by atoms with E-state index in [2.05, 4.69) is 20.6 Å². The topological polar surface area (TPSA) is 66.9 Å². The molecule has 0 unspecified atom stereocenters. The summed E-state index contributed by atoms with van der Waals surface area (Å²) in [7, 11) is 0. The van der Waals surface area contributed by atoms with Crippen molar-refractivity contribution in [1.29, 1.82) is 0 Å². The first-order valence-electron chi connectivity index (χ1n) is 5.32. The fourth-order valence-corrected chi connectivity index (χ4v) is 0.975. The molecule has 1 rings (SSSR count). The number of carbonyl (C=O) groups is 1. The van der Waals surface area contributed by atoms with Gasteiger partial charge in [0.25, 0.3) is 0 Å². The van der Waals surface area contributed by atoms with Gasteiger partial charge in [0.15, 0.2) is 0 Å². The van der Waals surface area contributed by atoms with E-state index in [0.29, 0.717) is 11.8 Å². The molecular weight excluding hydrogens is 204 g/mol. The zero-order valence-corrected chi connectivity index (χ0v) is 10.2. The fourth-order valence-electron chi connectivity index (χ4n) is 0.975. The lowest BCUT2D eigenvalue weighted by molar-refractivity contribution is -0.123. The summed E-state index contributed by atoms with van der Waals surface area (Å²) in [5, 5.41) is 5.74. The van der Waals surface area contributed by atoms with Gasteiger partial charge in [0.05, 0.1) is 0 Å². The van der Waals surface area contributed by atoms with Crippen LogP contribution in [-0.2, 0) is 4.79 Å². The molecule has 1 amide bonds. The van der Waals surface area contributed by atoms with E-state index in [1.165, 1.54) is 0 Å². The van der Waals surface area contributed by atoms with E-state index in [1.807, 2.05) is 27.7 Å². The second-order valence-corrected chi connectivity index (χ2v) is 4.50. The number of rotatable bonds is 3. The molecule has 0 aliphatic heterocycles. The quantitative estimate of drug-likeness (QED) is 0.819. The number of nitrogens with zero attached hydrogens (tertiary/aromatic N) is 2. The second kappa shape index (κ2) is 4.92. The molecule has 0 aliphatic rings. The van der Waals surface area contributed by atoms with Crippen LogP contribution in [-0.4, -0.2) is 22.4 Å². The minimum Gasteiger partial charge on any atom is -0.354 e. The second-order valence-electron chi connectivity index (χ2n) is 4.50. The van der Waals surface area contributed by atoms with Crippen LogP contribution in [0.2, 0.25) is 0 Å². The van der Waals surface area contributed by atoms with Crippen LogP contribution >= 0.6 is 0 Å². The first-order chi connectivity index (χ1) is 7.43. The summed E-state index contributed by atoms with van der Waals surface area (Å²) in [4.78, 5) is 19.9. The zero-order chi connectivity index (χ0) is 12.2. The molecule has 0 spiro atoms. The van der Waals surface area contributed by atoms with Crippen molar-refractivity contribution in [3.63, 3.8) is 0 Å². The van der Waals surface area contributed by atoms with Crippen molar-refractivity contribution in [1.82, 2.24) is 9.97 Å². The van der Waals surface area contributed by atoms with E-state index in [-0.39, 0.29) is 5.91 Å². The molecule has 2 N–H and O–H groups in total. The van der Waals surface area contributed by atoms with Gasteiger partial charge in [-0.3, -0.25) is 4.79 Å². The van der Waals surface area contributed by atoms with Crippen molar-refractivity contribution in [2.45, 2.75) is 27.7 Å².